The van der Waals surface area contributed by atoms with Crippen LogP contribution >= 0.6 is 0 Å². The molecule has 0 saturated heterocycles. The third-order valence-electron chi connectivity index (χ3n) is 10.6. The van der Waals surface area contributed by atoms with Gasteiger partial charge in [-0.1, -0.05) is 0 Å². The molecule has 0 spiro atoms. The van der Waals surface area contributed by atoms with Crippen LogP contribution in [0, 0.1) is 0 Å². The van der Waals surface area contributed by atoms with Gasteiger partial charge in [-0.15, -0.1) is 0 Å². The third-order valence-corrected chi connectivity index (χ3v) is 28.9. The average Bonchev–Trinajstić information content (AvgIpc) is 3.85. The Bertz CT molecular complexity index is 2380. The second-order valence-corrected chi connectivity index (χ2v) is 26.2. The van der Waals surface area contributed by atoms with Gasteiger partial charge in [-0.2, -0.15) is 0 Å². The van der Waals surface area contributed by atoms with Crippen molar-refractivity contribution in [2.24, 2.45) is 0 Å². The number of allylic oxidation sites excluding steroid dienone is 10. The first-order chi connectivity index (χ1) is 23.8. The van der Waals surface area contributed by atoms with Crippen molar-refractivity contribution >= 4 is 49.5 Å². The summed E-state index contributed by atoms with van der Waals surface area (Å²) in [7, 11) is 0. The molecule has 0 saturated carbocycles. The molecule has 0 aliphatic heterocycles. The van der Waals surface area contributed by atoms with Gasteiger partial charge in [0.15, 0.2) is 0 Å². The second-order valence-electron chi connectivity index (χ2n) is 13.1. The van der Waals surface area contributed by atoms with E-state index in [9.17, 15) is 0 Å². The first-order valence-corrected chi connectivity index (χ1v) is 24.6. The van der Waals surface area contributed by atoms with Crippen LogP contribution in [0.5, 0.6) is 0 Å². The number of halogens is 2. The molecule has 0 N–H and O–H groups in total. The molecule has 50 heavy (non-hydrogen) atoms. The molecule has 238 valence electrons. The van der Waals surface area contributed by atoms with Crippen LogP contribution in [-0.2, 0) is 20.4 Å². The normalized spacial score (nSPS) is 17.4. The standard InChI is InChI=1S/2C17H11.C12H10Si.2ClH.Zr/c2*1-2-6-14-12(4-1)8-10-17-15-7-3-5-13(15)9-11-16(14)17;1-3-7-11(8-4-1)13-12-9-5-2-6-10-12;;;/h2*1-8,10-11,15H;1-10H;2*1H;/q;;;;;+2/p-2. The van der Waals surface area contributed by atoms with Crippen molar-refractivity contribution < 1.29 is 45.2 Å². The molecule has 0 radical (unpaired) electrons. The molecular formula is C46H32Cl2SiZr. The van der Waals surface area contributed by atoms with E-state index in [1.807, 2.05) is 0 Å². The Labute approximate surface area is 314 Å². The van der Waals surface area contributed by atoms with E-state index < -0.39 is 25.8 Å². The van der Waals surface area contributed by atoms with Crippen LogP contribution in [0.1, 0.15) is 34.1 Å². The molecule has 6 aromatic carbocycles. The number of fused-ring (bicyclic) bond motifs is 10. The van der Waals surface area contributed by atoms with E-state index in [4.69, 9.17) is 0 Å². The fourth-order valence-corrected chi connectivity index (χ4v) is 28.9. The van der Waals surface area contributed by atoms with Gasteiger partial charge in [0.2, 0.25) is 0 Å². The van der Waals surface area contributed by atoms with Gasteiger partial charge in [-0.3, -0.25) is 0 Å². The van der Waals surface area contributed by atoms with E-state index in [1.54, 1.807) is 6.56 Å². The molecule has 0 nitrogen and oxygen atoms in total. The predicted molar refractivity (Wildman–Crippen MR) is 202 cm³/mol. The first kappa shape index (κ1) is 33.1. The molecule has 4 heteroatoms. The fourth-order valence-electron chi connectivity index (χ4n) is 8.47. The molecule has 0 fully saturated rings. The van der Waals surface area contributed by atoms with Gasteiger partial charge >= 0.3 is 292 Å². The van der Waals surface area contributed by atoms with E-state index in [1.165, 1.54) is 65.3 Å². The third kappa shape index (κ3) is 5.28. The Morgan fingerprint density at radius 3 is 1.32 bits per heavy atom. The maximum atomic E-state index is 2.68. The number of hydrogen-bond donors (Lipinski definition) is 0. The fraction of sp³-hybridized carbons (Fsp3) is 0.0435. The molecule has 4 aliphatic carbocycles. The van der Waals surface area contributed by atoms with Gasteiger partial charge in [-0.05, 0) is 0 Å². The maximum absolute atomic E-state index is 2.88. The van der Waals surface area contributed by atoms with Crippen LogP contribution in [0.3, 0.4) is 0 Å². The SMILES string of the molecule is C1=CC2C(=C1)[C]([Zr+2]([C]1=Cc3c(ccc4ccccc34)C3C=CC=C13)=[Si](c1ccccc1)c1ccccc1)=Cc1c2ccc2ccccc12.[Cl-].[Cl-]. The quantitative estimate of drug-likeness (QED) is 0.238. The summed E-state index contributed by atoms with van der Waals surface area (Å²) < 4.78 is 3.33. The van der Waals surface area contributed by atoms with Gasteiger partial charge in [-0.25, -0.2) is 0 Å². The monoisotopic (exact) mass is 772 g/mol. The Balaban J connectivity index is 0.00000180. The minimum absolute atomic E-state index is 0. The summed E-state index contributed by atoms with van der Waals surface area (Å²) in [6.07, 6.45) is 19.8. The molecule has 4 aliphatic rings. The maximum Gasteiger partial charge on any atom is -1.00 e. The second kappa shape index (κ2) is 13.6. The van der Waals surface area contributed by atoms with E-state index in [0.29, 0.717) is 11.8 Å². The van der Waals surface area contributed by atoms with E-state index in [0.717, 1.165) is 0 Å². The van der Waals surface area contributed by atoms with Crippen molar-refractivity contribution in [3.8, 4) is 0 Å². The number of hydrogen-bond acceptors (Lipinski definition) is 0. The Kier molecular flexibility index (Phi) is 9.00. The molecule has 0 amide bonds. The van der Waals surface area contributed by atoms with Crippen LogP contribution in [0.15, 0.2) is 188 Å². The van der Waals surface area contributed by atoms with Gasteiger partial charge < -0.3 is 24.8 Å². The van der Waals surface area contributed by atoms with Crippen LogP contribution in [0.2, 0.25) is 0 Å². The summed E-state index contributed by atoms with van der Waals surface area (Å²) in [6.45, 7) is 0. The average molecular weight is 775 g/mol. The van der Waals surface area contributed by atoms with Gasteiger partial charge in [0.25, 0.3) is 0 Å². The Morgan fingerprint density at radius 2 is 0.860 bits per heavy atom. The molecule has 10 rings (SSSR count). The topological polar surface area (TPSA) is 0 Å². The van der Waals surface area contributed by atoms with Crippen molar-refractivity contribution in [1.82, 2.24) is 0 Å². The zero-order chi connectivity index (χ0) is 31.6. The largest absolute Gasteiger partial charge is 1.00 e. The molecular weight excluding hydrogens is 743 g/mol. The summed E-state index contributed by atoms with van der Waals surface area (Å²) in [5, 5.41) is 8.45. The van der Waals surface area contributed by atoms with Crippen LogP contribution in [-0.4, -0.2) is 5.43 Å². The van der Waals surface area contributed by atoms with Crippen molar-refractivity contribution in [3.63, 3.8) is 0 Å². The van der Waals surface area contributed by atoms with Gasteiger partial charge in [0, 0.05) is 0 Å². The van der Waals surface area contributed by atoms with Crippen molar-refractivity contribution in [2.45, 2.75) is 11.8 Å². The molecule has 0 bridgehead atoms. The van der Waals surface area contributed by atoms with E-state index in [-0.39, 0.29) is 24.8 Å². The van der Waals surface area contributed by atoms with Gasteiger partial charge in [0.05, 0.1) is 0 Å². The van der Waals surface area contributed by atoms with Gasteiger partial charge in [0.1, 0.15) is 0 Å². The Morgan fingerprint density at radius 1 is 0.440 bits per heavy atom. The summed E-state index contributed by atoms with van der Waals surface area (Å²) >= 11 is -2.88. The van der Waals surface area contributed by atoms with Crippen molar-refractivity contribution in [2.75, 3.05) is 0 Å². The molecule has 2 unspecified atom stereocenters. The number of rotatable bonds is 4. The minimum Gasteiger partial charge on any atom is -1.00 e. The predicted octanol–water partition coefficient (Wildman–Crippen LogP) is 3.99. The summed E-state index contributed by atoms with van der Waals surface area (Å²) in [6, 6.07) is 50.5. The summed E-state index contributed by atoms with van der Waals surface area (Å²) in [5.74, 6) is 0.609. The first-order valence-electron chi connectivity index (χ1n) is 16.9. The number of benzene rings is 6. The summed E-state index contributed by atoms with van der Waals surface area (Å²) in [4.78, 5) is 0. The van der Waals surface area contributed by atoms with Crippen LogP contribution < -0.4 is 35.2 Å². The van der Waals surface area contributed by atoms with E-state index in [2.05, 4.69) is 182 Å². The molecule has 0 aromatic heterocycles. The molecule has 6 aromatic rings. The smallest absolute Gasteiger partial charge is 1.00 e. The summed E-state index contributed by atoms with van der Waals surface area (Å²) in [5.41, 5.74) is 7.62. The minimum atomic E-state index is -2.88. The Hall–Kier alpha value is -4.04. The molecule has 2 atom stereocenters. The van der Waals surface area contributed by atoms with Crippen molar-refractivity contribution in [3.05, 3.63) is 210 Å². The molecule has 0 heterocycles. The van der Waals surface area contributed by atoms with Crippen LogP contribution in [0.4, 0.5) is 0 Å². The van der Waals surface area contributed by atoms with Crippen molar-refractivity contribution in [1.29, 1.82) is 0 Å². The zero-order valence-corrected chi connectivity index (χ0v) is 32.2. The zero-order valence-electron chi connectivity index (χ0n) is 27.2. The van der Waals surface area contributed by atoms with Crippen LogP contribution in [0.25, 0.3) is 33.7 Å². The van der Waals surface area contributed by atoms with E-state index >= 15 is 0 Å².